The number of halogens is 3. The van der Waals surface area contributed by atoms with Gasteiger partial charge in [-0.3, -0.25) is 0 Å². The average Bonchev–Trinajstić information content (AvgIpc) is 2.45. The third kappa shape index (κ3) is 1.49. The van der Waals surface area contributed by atoms with E-state index in [1.54, 1.807) is 0 Å². The molecule has 0 aliphatic carbocycles. The van der Waals surface area contributed by atoms with Crippen molar-refractivity contribution in [3.05, 3.63) is 16.1 Å². The highest BCUT2D eigenvalue weighted by atomic mass is 79.9. The molecule has 0 unspecified atom stereocenters. The van der Waals surface area contributed by atoms with Crippen molar-refractivity contribution in [2.75, 3.05) is 0 Å². The van der Waals surface area contributed by atoms with Crippen LogP contribution in [0.3, 0.4) is 0 Å². The molecular formula is C8H9BrF2N2. The third-order valence-electron chi connectivity index (χ3n) is 2.25. The Balaban J connectivity index is 2.44. The molecular weight excluding hydrogens is 242 g/mol. The number of hydrogen-bond acceptors (Lipinski definition) is 1. The van der Waals surface area contributed by atoms with Crippen LogP contribution in [-0.4, -0.2) is 9.55 Å². The zero-order valence-corrected chi connectivity index (χ0v) is 8.52. The minimum Gasteiger partial charge on any atom is -0.322 e. The van der Waals surface area contributed by atoms with Crippen LogP contribution in [-0.2, 0) is 13.0 Å². The van der Waals surface area contributed by atoms with E-state index >= 15 is 0 Å². The first-order valence-electron chi connectivity index (χ1n) is 4.23. The van der Waals surface area contributed by atoms with Crippen LogP contribution < -0.4 is 0 Å². The molecule has 1 aromatic heterocycles. The Hall–Kier alpha value is -0.450. The average molecular weight is 251 g/mol. The molecule has 13 heavy (non-hydrogen) atoms. The van der Waals surface area contributed by atoms with E-state index in [0.717, 1.165) is 31.6 Å². The van der Waals surface area contributed by atoms with Crippen molar-refractivity contribution >= 4 is 15.9 Å². The van der Waals surface area contributed by atoms with E-state index in [0.29, 0.717) is 4.60 Å². The predicted octanol–water partition coefficient (Wildman–Crippen LogP) is 2.92. The van der Waals surface area contributed by atoms with Gasteiger partial charge < -0.3 is 4.57 Å². The van der Waals surface area contributed by atoms with Gasteiger partial charge >= 0.3 is 0 Å². The second-order valence-corrected chi connectivity index (χ2v) is 3.86. The summed E-state index contributed by atoms with van der Waals surface area (Å²) in [6, 6.07) is 0. The number of hydrogen-bond donors (Lipinski definition) is 0. The molecule has 0 amide bonds. The van der Waals surface area contributed by atoms with Crippen molar-refractivity contribution in [3.63, 3.8) is 0 Å². The SMILES string of the molecule is FC(F)c1nc2n(c1Br)CCCC2. The van der Waals surface area contributed by atoms with Crippen LogP contribution in [0.25, 0.3) is 0 Å². The largest absolute Gasteiger partial charge is 0.322 e. The first-order chi connectivity index (χ1) is 6.20. The summed E-state index contributed by atoms with van der Waals surface area (Å²) in [6.45, 7) is 0.801. The summed E-state index contributed by atoms with van der Waals surface area (Å²) in [4.78, 5) is 3.92. The van der Waals surface area contributed by atoms with Gasteiger partial charge in [-0.1, -0.05) is 0 Å². The number of aryl methyl sites for hydroxylation is 1. The van der Waals surface area contributed by atoms with E-state index in [2.05, 4.69) is 20.9 Å². The van der Waals surface area contributed by atoms with Gasteiger partial charge in [-0.15, -0.1) is 0 Å². The van der Waals surface area contributed by atoms with Crippen LogP contribution >= 0.6 is 15.9 Å². The van der Waals surface area contributed by atoms with Gasteiger partial charge in [0.15, 0.2) is 0 Å². The predicted molar refractivity (Wildman–Crippen MR) is 47.8 cm³/mol. The van der Waals surface area contributed by atoms with Crippen molar-refractivity contribution in [1.82, 2.24) is 9.55 Å². The first-order valence-corrected chi connectivity index (χ1v) is 5.02. The highest BCUT2D eigenvalue weighted by Crippen LogP contribution is 2.30. The molecule has 2 nitrogen and oxygen atoms in total. The van der Waals surface area contributed by atoms with Gasteiger partial charge in [-0.25, -0.2) is 13.8 Å². The molecule has 0 aromatic carbocycles. The molecule has 0 spiro atoms. The van der Waals surface area contributed by atoms with Crippen LogP contribution in [0.1, 0.15) is 30.8 Å². The Morgan fingerprint density at radius 3 is 2.77 bits per heavy atom. The van der Waals surface area contributed by atoms with Gasteiger partial charge in [0.25, 0.3) is 6.43 Å². The topological polar surface area (TPSA) is 17.8 Å². The lowest BCUT2D eigenvalue weighted by Gasteiger charge is -2.13. The molecule has 1 aliphatic heterocycles. The Bertz CT molecular complexity index is 322. The maximum absolute atomic E-state index is 12.4. The lowest BCUT2D eigenvalue weighted by Crippen LogP contribution is -2.10. The smallest absolute Gasteiger partial charge is 0.283 e. The Morgan fingerprint density at radius 2 is 2.15 bits per heavy atom. The highest BCUT2D eigenvalue weighted by molar-refractivity contribution is 9.10. The summed E-state index contributed by atoms with van der Waals surface area (Å²) >= 11 is 3.16. The summed E-state index contributed by atoms with van der Waals surface area (Å²) < 4.78 is 27.1. The fourth-order valence-corrected chi connectivity index (χ4v) is 2.25. The quantitative estimate of drug-likeness (QED) is 0.750. The monoisotopic (exact) mass is 250 g/mol. The molecule has 0 saturated heterocycles. The maximum Gasteiger partial charge on any atom is 0.283 e. The fourth-order valence-electron chi connectivity index (χ4n) is 1.61. The van der Waals surface area contributed by atoms with Gasteiger partial charge in [-0.05, 0) is 28.8 Å². The summed E-state index contributed by atoms with van der Waals surface area (Å²) in [7, 11) is 0. The standard InChI is InChI=1S/C8H9BrF2N2/c9-7-6(8(10)11)12-5-3-1-2-4-13(5)7/h8H,1-4H2. The van der Waals surface area contributed by atoms with Crippen LogP contribution in [0.5, 0.6) is 0 Å². The number of imidazole rings is 1. The normalized spacial score (nSPS) is 16.3. The molecule has 1 aliphatic rings. The summed E-state index contributed by atoms with van der Waals surface area (Å²) in [5.74, 6) is 0.786. The van der Waals surface area contributed by atoms with E-state index in [1.165, 1.54) is 0 Å². The van der Waals surface area contributed by atoms with Crippen molar-refractivity contribution in [1.29, 1.82) is 0 Å². The third-order valence-corrected chi connectivity index (χ3v) is 3.08. The van der Waals surface area contributed by atoms with Crippen molar-refractivity contribution in [2.45, 2.75) is 32.2 Å². The molecule has 5 heteroatoms. The molecule has 0 bridgehead atoms. The Kier molecular flexibility index (Phi) is 2.36. The van der Waals surface area contributed by atoms with E-state index < -0.39 is 6.43 Å². The highest BCUT2D eigenvalue weighted by Gasteiger charge is 2.22. The van der Waals surface area contributed by atoms with Gasteiger partial charge in [0, 0.05) is 13.0 Å². The first kappa shape index (κ1) is 9.12. The summed E-state index contributed by atoms with van der Waals surface area (Å²) in [5, 5.41) is 0. The lowest BCUT2D eigenvalue weighted by molar-refractivity contribution is 0.145. The summed E-state index contributed by atoms with van der Waals surface area (Å²) in [6.07, 6.45) is 0.426. The fraction of sp³-hybridized carbons (Fsp3) is 0.625. The minimum atomic E-state index is -2.48. The number of aromatic nitrogens is 2. The van der Waals surface area contributed by atoms with Crippen LogP contribution in [0, 0.1) is 0 Å². The van der Waals surface area contributed by atoms with Crippen LogP contribution in [0.4, 0.5) is 8.78 Å². The van der Waals surface area contributed by atoms with Gasteiger partial charge in [0.05, 0.1) is 0 Å². The van der Waals surface area contributed by atoms with Gasteiger partial charge in [0.2, 0.25) is 0 Å². The van der Waals surface area contributed by atoms with Crippen molar-refractivity contribution in [2.24, 2.45) is 0 Å². The minimum absolute atomic E-state index is 0.114. The molecule has 0 fully saturated rings. The van der Waals surface area contributed by atoms with E-state index in [9.17, 15) is 8.78 Å². The number of fused-ring (bicyclic) bond motifs is 1. The van der Waals surface area contributed by atoms with Crippen LogP contribution in [0.15, 0.2) is 4.60 Å². The summed E-state index contributed by atoms with van der Waals surface area (Å²) in [5.41, 5.74) is -0.114. The molecule has 0 atom stereocenters. The zero-order valence-electron chi connectivity index (χ0n) is 6.93. The maximum atomic E-state index is 12.4. The van der Waals surface area contributed by atoms with E-state index in [1.807, 2.05) is 4.57 Å². The van der Waals surface area contributed by atoms with E-state index in [4.69, 9.17) is 0 Å². The lowest BCUT2D eigenvalue weighted by atomic mass is 10.2. The molecule has 0 radical (unpaired) electrons. The second-order valence-electron chi connectivity index (χ2n) is 3.11. The Labute approximate surface area is 83.1 Å². The molecule has 2 heterocycles. The Morgan fingerprint density at radius 1 is 1.38 bits per heavy atom. The molecule has 0 N–H and O–H groups in total. The van der Waals surface area contributed by atoms with Gasteiger partial charge in [-0.2, -0.15) is 0 Å². The van der Waals surface area contributed by atoms with Crippen molar-refractivity contribution in [3.8, 4) is 0 Å². The second kappa shape index (κ2) is 3.36. The van der Waals surface area contributed by atoms with E-state index in [-0.39, 0.29) is 5.69 Å². The number of rotatable bonds is 1. The van der Waals surface area contributed by atoms with Crippen LogP contribution in [0.2, 0.25) is 0 Å². The zero-order chi connectivity index (χ0) is 9.42. The molecule has 2 rings (SSSR count). The number of alkyl halides is 2. The van der Waals surface area contributed by atoms with Gasteiger partial charge in [0.1, 0.15) is 16.1 Å². The molecule has 0 saturated carbocycles. The molecule has 72 valence electrons. The molecule has 1 aromatic rings. The van der Waals surface area contributed by atoms with Crippen molar-refractivity contribution < 1.29 is 8.78 Å². The number of nitrogens with zero attached hydrogens (tertiary/aromatic N) is 2.